The summed E-state index contributed by atoms with van der Waals surface area (Å²) in [4.78, 5) is 0. The third-order valence-electron chi connectivity index (χ3n) is 2.64. The van der Waals surface area contributed by atoms with E-state index >= 15 is 0 Å². The van der Waals surface area contributed by atoms with Gasteiger partial charge in [0, 0.05) is 17.9 Å². The summed E-state index contributed by atoms with van der Waals surface area (Å²) in [5.74, 6) is -4.30. The molecule has 0 nitrogen and oxygen atoms in total. The highest BCUT2D eigenvalue weighted by atomic mass is 19.3. The minimum absolute atomic E-state index is 0.188. The van der Waals surface area contributed by atoms with Gasteiger partial charge in [0.05, 0.1) is 0 Å². The molecule has 1 aromatic carbocycles. The van der Waals surface area contributed by atoms with Crippen molar-refractivity contribution in [3.05, 3.63) is 35.1 Å². The van der Waals surface area contributed by atoms with Crippen molar-refractivity contribution in [3.8, 4) is 0 Å². The molecule has 1 aromatic rings. The summed E-state index contributed by atoms with van der Waals surface area (Å²) < 4.78 is 39.4. The van der Waals surface area contributed by atoms with Crippen LogP contribution in [0.2, 0.25) is 0 Å². The van der Waals surface area contributed by atoms with Gasteiger partial charge in [0.15, 0.2) is 0 Å². The third kappa shape index (κ3) is 1.14. The van der Waals surface area contributed by atoms with Gasteiger partial charge >= 0.3 is 0 Å². The predicted octanol–water partition coefficient (Wildman–Crippen LogP) is 3.12. The molecule has 1 aliphatic carbocycles. The molecule has 13 heavy (non-hydrogen) atoms. The zero-order valence-electron chi connectivity index (χ0n) is 7.15. The maximum atomic E-state index is 13.2. The first-order chi connectivity index (χ1) is 6.02. The second-order valence-corrected chi connectivity index (χ2v) is 3.47. The summed E-state index contributed by atoms with van der Waals surface area (Å²) in [5.41, 5.74) is 0.630. The third-order valence-corrected chi connectivity index (χ3v) is 2.64. The van der Waals surface area contributed by atoms with Crippen LogP contribution in [-0.4, -0.2) is 5.92 Å². The summed E-state index contributed by atoms with van der Waals surface area (Å²) in [6, 6.07) is 4.27. The Kier molecular flexibility index (Phi) is 1.65. The molecule has 3 heteroatoms. The highest BCUT2D eigenvalue weighted by Crippen LogP contribution is 2.45. The average Bonchev–Trinajstić information content (AvgIpc) is 2.24. The minimum Gasteiger partial charge on any atom is -0.207 e. The Morgan fingerprint density at radius 3 is 2.69 bits per heavy atom. The maximum Gasteiger partial charge on any atom is 0.258 e. The molecule has 1 atom stereocenters. The molecule has 0 amide bonds. The molecule has 0 fully saturated rings. The first-order valence-corrected chi connectivity index (χ1v) is 4.17. The molecule has 2 rings (SSSR count). The van der Waals surface area contributed by atoms with Crippen LogP contribution in [0.25, 0.3) is 0 Å². The van der Waals surface area contributed by atoms with Crippen LogP contribution in [0.15, 0.2) is 18.2 Å². The van der Waals surface area contributed by atoms with Gasteiger partial charge in [-0.1, -0.05) is 19.1 Å². The Labute approximate surface area is 74.4 Å². The van der Waals surface area contributed by atoms with Crippen LogP contribution in [0.4, 0.5) is 13.2 Å². The van der Waals surface area contributed by atoms with Gasteiger partial charge in [-0.25, -0.2) is 13.2 Å². The molecule has 70 valence electrons. The quantitative estimate of drug-likeness (QED) is 0.584. The molecule has 0 radical (unpaired) electrons. The molecule has 0 saturated carbocycles. The first-order valence-electron chi connectivity index (χ1n) is 4.17. The Morgan fingerprint density at radius 1 is 1.38 bits per heavy atom. The van der Waals surface area contributed by atoms with Crippen LogP contribution in [0.1, 0.15) is 24.0 Å². The van der Waals surface area contributed by atoms with Crippen LogP contribution in [0.3, 0.4) is 0 Å². The second-order valence-electron chi connectivity index (χ2n) is 3.47. The van der Waals surface area contributed by atoms with E-state index in [2.05, 4.69) is 0 Å². The largest absolute Gasteiger partial charge is 0.258 e. The van der Waals surface area contributed by atoms with Crippen molar-refractivity contribution in [2.45, 2.75) is 25.2 Å². The van der Waals surface area contributed by atoms with Crippen LogP contribution in [0.5, 0.6) is 0 Å². The fourth-order valence-corrected chi connectivity index (χ4v) is 1.84. The fourth-order valence-electron chi connectivity index (χ4n) is 1.84. The topological polar surface area (TPSA) is 0 Å². The van der Waals surface area contributed by atoms with Crippen molar-refractivity contribution >= 4 is 0 Å². The van der Waals surface area contributed by atoms with E-state index < -0.39 is 17.7 Å². The van der Waals surface area contributed by atoms with Crippen molar-refractivity contribution in [3.63, 3.8) is 0 Å². The molecule has 1 aliphatic rings. The number of fused-ring (bicyclic) bond motifs is 1. The predicted molar refractivity (Wildman–Crippen MR) is 43.5 cm³/mol. The molecule has 0 heterocycles. The van der Waals surface area contributed by atoms with E-state index in [9.17, 15) is 13.2 Å². The number of benzene rings is 1. The van der Waals surface area contributed by atoms with E-state index in [-0.39, 0.29) is 12.0 Å². The molecule has 0 spiro atoms. The smallest absolute Gasteiger partial charge is 0.207 e. The Morgan fingerprint density at radius 2 is 2.08 bits per heavy atom. The molecule has 0 aliphatic heterocycles. The van der Waals surface area contributed by atoms with Crippen molar-refractivity contribution < 1.29 is 13.2 Å². The number of halogens is 3. The minimum atomic E-state index is -2.79. The molecule has 0 bridgehead atoms. The van der Waals surface area contributed by atoms with E-state index in [0.717, 1.165) is 0 Å². The van der Waals surface area contributed by atoms with E-state index in [4.69, 9.17) is 0 Å². The van der Waals surface area contributed by atoms with Gasteiger partial charge < -0.3 is 0 Å². The molecular formula is C10H9F3. The van der Waals surface area contributed by atoms with Crippen LogP contribution >= 0.6 is 0 Å². The van der Waals surface area contributed by atoms with Gasteiger partial charge in [0.25, 0.3) is 5.92 Å². The molecular weight excluding hydrogens is 177 g/mol. The van der Waals surface area contributed by atoms with Crippen molar-refractivity contribution in [2.24, 2.45) is 0 Å². The number of alkyl halides is 2. The highest BCUT2D eigenvalue weighted by molar-refractivity contribution is 5.39. The monoisotopic (exact) mass is 186 g/mol. The van der Waals surface area contributed by atoms with E-state index in [1.165, 1.54) is 19.1 Å². The molecule has 0 aromatic heterocycles. The summed E-state index contributed by atoms with van der Waals surface area (Å²) in [6.07, 6.45) is -0.332. The fraction of sp³-hybridized carbons (Fsp3) is 0.400. The van der Waals surface area contributed by atoms with Gasteiger partial charge in [-0.2, -0.15) is 0 Å². The van der Waals surface area contributed by atoms with E-state index in [1.807, 2.05) is 0 Å². The van der Waals surface area contributed by atoms with Gasteiger partial charge in [-0.3, -0.25) is 0 Å². The summed E-state index contributed by atoms with van der Waals surface area (Å²) in [7, 11) is 0. The van der Waals surface area contributed by atoms with Gasteiger partial charge in [-0.05, 0) is 11.6 Å². The lowest BCUT2D eigenvalue weighted by Gasteiger charge is -2.14. The number of hydrogen-bond acceptors (Lipinski definition) is 0. The second kappa shape index (κ2) is 2.50. The standard InChI is InChI=1S/C10H9F3/c1-6-9-7(5-10(6,12)13)3-2-4-8(9)11/h2-4,6H,5H2,1H3. The van der Waals surface area contributed by atoms with Gasteiger partial charge in [-0.15, -0.1) is 0 Å². The number of rotatable bonds is 0. The lowest BCUT2D eigenvalue weighted by Crippen LogP contribution is -2.19. The van der Waals surface area contributed by atoms with Crippen LogP contribution in [0, 0.1) is 5.82 Å². The van der Waals surface area contributed by atoms with Crippen molar-refractivity contribution in [1.82, 2.24) is 0 Å². The summed E-state index contributed by atoms with van der Waals surface area (Å²) in [6.45, 7) is 1.37. The Balaban J connectivity index is 2.57. The van der Waals surface area contributed by atoms with Gasteiger partial charge in [0.2, 0.25) is 0 Å². The lowest BCUT2D eigenvalue weighted by atomic mass is 10.0. The van der Waals surface area contributed by atoms with Crippen LogP contribution in [-0.2, 0) is 6.42 Å². The maximum absolute atomic E-state index is 13.2. The van der Waals surface area contributed by atoms with E-state index in [0.29, 0.717) is 5.56 Å². The van der Waals surface area contributed by atoms with E-state index in [1.54, 1.807) is 6.07 Å². The first kappa shape index (κ1) is 8.60. The summed E-state index contributed by atoms with van der Waals surface area (Å²) >= 11 is 0. The zero-order valence-corrected chi connectivity index (χ0v) is 7.15. The number of hydrogen-bond donors (Lipinski definition) is 0. The molecule has 1 unspecified atom stereocenters. The average molecular weight is 186 g/mol. The SMILES string of the molecule is CC1c2c(F)cccc2CC1(F)F. The van der Waals surface area contributed by atoms with Crippen molar-refractivity contribution in [2.75, 3.05) is 0 Å². The molecule has 0 N–H and O–H groups in total. The highest BCUT2D eigenvalue weighted by Gasteiger charge is 2.45. The zero-order chi connectivity index (χ0) is 9.64. The van der Waals surface area contributed by atoms with Crippen molar-refractivity contribution in [1.29, 1.82) is 0 Å². The lowest BCUT2D eigenvalue weighted by molar-refractivity contribution is -0.0104. The normalized spacial score (nSPS) is 24.5. The Hall–Kier alpha value is -0.990. The van der Waals surface area contributed by atoms with Gasteiger partial charge in [0.1, 0.15) is 5.82 Å². The van der Waals surface area contributed by atoms with Crippen LogP contribution < -0.4 is 0 Å². The molecule has 0 saturated heterocycles. The summed E-state index contributed by atoms with van der Waals surface area (Å²) in [5, 5.41) is 0. The Bertz CT molecular complexity index is 344.